The smallest absolute Gasteiger partial charge is 0.211 e. The Balaban J connectivity index is 2.09. The Morgan fingerprint density at radius 1 is 1.50 bits per heavy atom. The maximum Gasteiger partial charge on any atom is 0.211 e. The number of carbonyl (C=O) groups excluding carboxylic acids is 1. The molecule has 2 rings (SSSR count). The molecule has 5 heteroatoms. The lowest BCUT2D eigenvalue weighted by atomic mass is 10.3. The highest BCUT2D eigenvalue weighted by Gasteiger charge is 2.32. The standard InChI is InChI=1S/C11H16N2OS2/c1-7-8(2)16-9(6-15-7)10(14)11-12-4-5-13(11)3/h4-5,7-9H,6H2,1-3H3. The van der Waals surface area contributed by atoms with E-state index < -0.39 is 0 Å². The lowest BCUT2D eigenvalue weighted by Crippen LogP contribution is -2.32. The van der Waals surface area contributed by atoms with Gasteiger partial charge in [0.25, 0.3) is 0 Å². The van der Waals surface area contributed by atoms with E-state index >= 15 is 0 Å². The van der Waals surface area contributed by atoms with E-state index in [2.05, 4.69) is 18.8 Å². The molecule has 1 aromatic rings. The van der Waals surface area contributed by atoms with Crippen LogP contribution in [0.3, 0.4) is 0 Å². The van der Waals surface area contributed by atoms with Crippen LogP contribution in [0.5, 0.6) is 0 Å². The molecule has 0 bridgehead atoms. The van der Waals surface area contributed by atoms with Crippen LogP contribution >= 0.6 is 23.5 Å². The van der Waals surface area contributed by atoms with E-state index in [1.54, 1.807) is 22.5 Å². The number of carbonyl (C=O) groups is 1. The molecule has 1 aliphatic rings. The van der Waals surface area contributed by atoms with E-state index in [1.165, 1.54) is 0 Å². The van der Waals surface area contributed by atoms with Gasteiger partial charge in [-0.1, -0.05) is 13.8 Å². The molecule has 88 valence electrons. The third kappa shape index (κ3) is 2.30. The van der Waals surface area contributed by atoms with Crippen LogP contribution in [0, 0.1) is 0 Å². The van der Waals surface area contributed by atoms with Crippen LogP contribution in [0.2, 0.25) is 0 Å². The van der Waals surface area contributed by atoms with Gasteiger partial charge in [-0.15, -0.1) is 11.8 Å². The maximum absolute atomic E-state index is 12.2. The number of aryl methyl sites for hydroxylation is 1. The van der Waals surface area contributed by atoms with Gasteiger partial charge in [0, 0.05) is 35.7 Å². The molecule has 0 aliphatic carbocycles. The van der Waals surface area contributed by atoms with Crippen molar-refractivity contribution in [3.8, 4) is 0 Å². The number of hydrogen-bond acceptors (Lipinski definition) is 4. The highest BCUT2D eigenvalue weighted by atomic mass is 32.2. The van der Waals surface area contributed by atoms with Crippen molar-refractivity contribution >= 4 is 29.3 Å². The molecule has 0 amide bonds. The second kappa shape index (κ2) is 4.84. The molecule has 2 heterocycles. The van der Waals surface area contributed by atoms with Gasteiger partial charge in [-0.05, 0) is 0 Å². The van der Waals surface area contributed by atoms with E-state index in [0.29, 0.717) is 16.3 Å². The van der Waals surface area contributed by atoms with Crippen LogP contribution in [0.25, 0.3) is 0 Å². The SMILES string of the molecule is CC1SCC(C(=O)c2nccn2C)SC1C. The van der Waals surface area contributed by atoms with Crippen molar-refractivity contribution in [2.45, 2.75) is 29.6 Å². The predicted octanol–water partition coefficient (Wildman–Crippen LogP) is 2.23. The summed E-state index contributed by atoms with van der Waals surface area (Å²) in [6.07, 6.45) is 3.50. The molecular weight excluding hydrogens is 240 g/mol. The Morgan fingerprint density at radius 2 is 2.25 bits per heavy atom. The average Bonchev–Trinajstić information content (AvgIpc) is 2.67. The lowest BCUT2D eigenvalue weighted by Gasteiger charge is -2.30. The van der Waals surface area contributed by atoms with Crippen LogP contribution in [0.1, 0.15) is 24.5 Å². The van der Waals surface area contributed by atoms with Crippen LogP contribution in [0.4, 0.5) is 0 Å². The summed E-state index contributed by atoms with van der Waals surface area (Å²) in [5.74, 6) is 1.66. The van der Waals surface area contributed by atoms with Gasteiger partial charge in [-0.25, -0.2) is 4.98 Å². The van der Waals surface area contributed by atoms with Crippen LogP contribution in [0.15, 0.2) is 12.4 Å². The lowest BCUT2D eigenvalue weighted by molar-refractivity contribution is 0.0982. The summed E-state index contributed by atoms with van der Waals surface area (Å²) in [6, 6.07) is 0. The summed E-state index contributed by atoms with van der Waals surface area (Å²) in [5, 5.41) is 1.24. The molecule has 0 saturated carbocycles. The zero-order valence-electron chi connectivity index (χ0n) is 9.71. The summed E-state index contributed by atoms with van der Waals surface area (Å²) in [7, 11) is 1.87. The third-order valence-corrected chi connectivity index (χ3v) is 6.27. The number of Topliss-reactive ketones (excluding diaryl/α,β-unsaturated/α-hetero) is 1. The second-order valence-corrected chi connectivity index (χ2v) is 7.09. The molecule has 1 fully saturated rings. The van der Waals surface area contributed by atoms with Gasteiger partial charge in [0.1, 0.15) is 0 Å². The van der Waals surface area contributed by atoms with Crippen LogP contribution < -0.4 is 0 Å². The Bertz CT molecular complexity index is 391. The topological polar surface area (TPSA) is 34.9 Å². The van der Waals surface area contributed by atoms with Gasteiger partial charge >= 0.3 is 0 Å². The van der Waals surface area contributed by atoms with Crippen LogP contribution in [-0.4, -0.2) is 36.8 Å². The fourth-order valence-corrected chi connectivity index (χ4v) is 4.52. The molecule has 0 spiro atoms. The number of hydrogen-bond donors (Lipinski definition) is 0. The van der Waals surface area contributed by atoms with Crippen molar-refractivity contribution in [3.05, 3.63) is 18.2 Å². The molecule has 1 aliphatic heterocycles. The number of nitrogens with zero attached hydrogens (tertiary/aromatic N) is 2. The molecule has 1 aromatic heterocycles. The van der Waals surface area contributed by atoms with Gasteiger partial charge in [0.15, 0.2) is 5.82 Å². The molecule has 16 heavy (non-hydrogen) atoms. The number of rotatable bonds is 2. The second-order valence-electron chi connectivity index (χ2n) is 4.09. The first-order valence-electron chi connectivity index (χ1n) is 5.38. The first-order valence-corrected chi connectivity index (χ1v) is 7.37. The molecule has 1 saturated heterocycles. The van der Waals surface area contributed by atoms with E-state index in [4.69, 9.17) is 0 Å². The Labute approximate surface area is 104 Å². The van der Waals surface area contributed by atoms with Crippen molar-refractivity contribution in [2.24, 2.45) is 7.05 Å². The highest BCUT2D eigenvalue weighted by molar-refractivity contribution is 8.08. The minimum Gasteiger partial charge on any atom is -0.332 e. The summed E-state index contributed by atoms with van der Waals surface area (Å²) in [5.41, 5.74) is 0. The maximum atomic E-state index is 12.2. The molecule has 3 unspecified atom stereocenters. The monoisotopic (exact) mass is 256 g/mol. The summed E-state index contributed by atoms with van der Waals surface area (Å²) >= 11 is 3.67. The fraction of sp³-hybridized carbons (Fsp3) is 0.636. The van der Waals surface area contributed by atoms with E-state index in [9.17, 15) is 4.79 Å². The number of ketones is 1. The fourth-order valence-electron chi connectivity index (χ4n) is 1.67. The molecule has 0 radical (unpaired) electrons. The molecule has 3 atom stereocenters. The minimum atomic E-state index is 0.0669. The van der Waals surface area contributed by atoms with Gasteiger partial charge in [0.2, 0.25) is 5.78 Å². The average molecular weight is 256 g/mol. The van der Waals surface area contributed by atoms with Gasteiger partial charge in [-0.2, -0.15) is 11.8 Å². The summed E-state index contributed by atoms with van der Waals surface area (Å²) < 4.78 is 1.80. The Hall–Kier alpha value is -0.420. The third-order valence-electron chi connectivity index (χ3n) is 2.88. The zero-order valence-corrected chi connectivity index (χ0v) is 11.3. The van der Waals surface area contributed by atoms with E-state index in [1.807, 2.05) is 25.0 Å². The largest absolute Gasteiger partial charge is 0.332 e. The molecular formula is C11H16N2OS2. The van der Waals surface area contributed by atoms with E-state index in [0.717, 1.165) is 5.75 Å². The molecule has 0 N–H and O–H groups in total. The van der Waals surface area contributed by atoms with Crippen molar-refractivity contribution in [1.29, 1.82) is 0 Å². The number of imidazole rings is 1. The van der Waals surface area contributed by atoms with Crippen molar-refractivity contribution < 1.29 is 4.79 Å². The number of thioether (sulfide) groups is 2. The predicted molar refractivity (Wildman–Crippen MR) is 70.3 cm³/mol. The van der Waals surface area contributed by atoms with Gasteiger partial charge in [-0.3, -0.25) is 4.79 Å². The van der Waals surface area contributed by atoms with Crippen molar-refractivity contribution in [3.63, 3.8) is 0 Å². The molecule has 0 aromatic carbocycles. The quantitative estimate of drug-likeness (QED) is 0.760. The molecule has 3 nitrogen and oxygen atoms in total. The first kappa shape index (κ1) is 12.0. The normalized spacial score (nSPS) is 30.3. The zero-order chi connectivity index (χ0) is 11.7. The van der Waals surface area contributed by atoms with Gasteiger partial charge in [0.05, 0.1) is 5.25 Å². The summed E-state index contributed by atoms with van der Waals surface area (Å²) in [6.45, 7) is 4.42. The van der Waals surface area contributed by atoms with Crippen molar-refractivity contribution in [1.82, 2.24) is 9.55 Å². The Kier molecular flexibility index (Phi) is 3.64. The highest BCUT2D eigenvalue weighted by Crippen LogP contribution is 2.36. The Morgan fingerprint density at radius 3 is 2.81 bits per heavy atom. The van der Waals surface area contributed by atoms with Crippen LogP contribution in [-0.2, 0) is 7.05 Å². The summed E-state index contributed by atoms with van der Waals surface area (Å²) in [4.78, 5) is 16.3. The minimum absolute atomic E-state index is 0.0669. The number of aromatic nitrogens is 2. The van der Waals surface area contributed by atoms with E-state index in [-0.39, 0.29) is 11.0 Å². The first-order chi connectivity index (χ1) is 7.59. The van der Waals surface area contributed by atoms with Gasteiger partial charge < -0.3 is 4.57 Å². The van der Waals surface area contributed by atoms with Crippen molar-refractivity contribution in [2.75, 3.05) is 5.75 Å².